The van der Waals surface area contributed by atoms with Gasteiger partial charge in [-0.05, 0) is 49.9 Å². The molecule has 1 aliphatic carbocycles. The summed E-state index contributed by atoms with van der Waals surface area (Å²) in [5, 5.41) is 10.6. The van der Waals surface area contributed by atoms with Gasteiger partial charge in [-0.2, -0.15) is 0 Å². The van der Waals surface area contributed by atoms with Gasteiger partial charge in [-0.15, -0.1) is 0 Å². The Kier molecular flexibility index (Phi) is 7.51. The van der Waals surface area contributed by atoms with Crippen LogP contribution in [-0.2, 0) is 0 Å². The van der Waals surface area contributed by atoms with Crippen molar-refractivity contribution >= 4 is 5.91 Å². The largest absolute Gasteiger partial charge is 0.378 e. The maximum Gasteiger partial charge on any atom is 0.254 e. The summed E-state index contributed by atoms with van der Waals surface area (Å²) in [5.41, 5.74) is 3.31. The molecule has 3 aromatic carbocycles. The Morgan fingerprint density at radius 3 is 1.92 bits per heavy atom. The molecule has 2 aliphatic rings. The number of nitrogens with zero attached hydrogens (tertiary/aromatic N) is 1. The molecule has 4 nitrogen and oxygen atoms in total. The zero-order valence-electron chi connectivity index (χ0n) is 20.8. The van der Waals surface area contributed by atoms with Gasteiger partial charge in [-0.1, -0.05) is 78.9 Å². The molecule has 1 amide bonds. The van der Waals surface area contributed by atoms with Crippen LogP contribution in [0, 0.1) is 11.8 Å². The zero-order valence-corrected chi connectivity index (χ0v) is 20.8. The van der Waals surface area contributed by atoms with E-state index < -0.39 is 5.60 Å². The highest BCUT2D eigenvalue weighted by atomic mass is 16.3. The van der Waals surface area contributed by atoms with Crippen molar-refractivity contribution in [3.05, 3.63) is 107 Å². The fraction of sp³-hybridized carbons (Fsp3) is 0.344. The molecule has 0 bridgehead atoms. The standard InChI is InChI=1S/C32H34N2O2/c35-31(29-16-14-26(15-17-29)18-21-32(36)19-8-3-9-20-32)34-24-22-33(23-25-34)30(27-10-4-1-5-11-27)28-12-6-2-7-13-28/h1-2,4-7,10-17,30,36H,3,8-9,19-20,22-25H2/p+1. The van der Waals surface area contributed by atoms with E-state index in [0.29, 0.717) is 5.56 Å². The molecule has 2 fully saturated rings. The molecule has 5 rings (SSSR count). The minimum atomic E-state index is -0.855. The molecule has 2 N–H and O–H groups in total. The predicted molar refractivity (Wildman–Crippen MR) is 143 cm³/mol. The molecule has 1 heterocycles. The molecular weight excluding hydrogens is 444 g/mol. The summed E-state index contributed by atoms with van der Waals surface area (Å²) in [6, 6.07) is 29.2. The number of rotatable bonds is 4. The van der Waals surface area contributed by atoms with Crippen molar-refractivity contribution in [2.75, 3.05) is 26.2 Å². The summed E-state index contributed by atoms with van der Waals surface area (Å²) in [6.07, 6.45) is 4.74. The lowest BCUT2D eigenvalue weighted by Gasteiger charge is -2.37. The van der Waals surface area contributed by atoms with Crippen molar-refractivity contribution in [3.8, 4) is 11.8 Å². The highest BCUT2D eigenvalue weighted by Gasteiger charge is 2.32. The Bertz CT molecular complexity index is 1160. The van der Waals surface area contributed by atoms with Gasteiger partial charge in [0.1, 0.15) is 11.6 Å². The van der Waals surface area contributed by atoms with Crippen LogP contribution in [0.1, 0.15) is 65.2 Å². The van der Waals surface area contributed by atoms with Gasteiger partial charge in [0.25, 0.3) is 5.91 Å². The van der Waals surface area contributed by atoms with Gasteiger partial charge in [0, 0.05) is 22.3 Å². The molecule has 0 atom stereocenters. The Morgan fingerprint density at radius 2 is 1.36 bits per heavy atom. The summed E-state index contributed by atoms with van der Waals surface area (Å²) in [5.74, 6) is 6.28. The van der Waals surface area contributed by atoms with Crippen LogP contribution in [0.2, 0.25) is 0 Å². The number of benzene rings is 3. The first-order valence-corrected chi connectivity index (χ1v) is 13.2. The van der Waals surface area contributed by atoms with Crippen LogP contribution >= 0.6 is 0 Å². The SMILES string of the molecule is O=C(c1ccc(C#CC2(O)CCCCC2)cc1)N1CC[NH+](C(c2ccccc2)c2ccccc2)CC1. The third-order valence-electron chi connectivity index (χ3n) is 7.62. The highest BCUT2D eigenvalue weighted by Crippen LogP contribution is 2.27. The van der Waals surface area contributed by atoms with E-state index in [1.165, 1.54) is 22.4 Å². The molecule has 184 valence electrons. The summed E-state index contributed by atoms with van der Waals surface area (Å²) >= 11 is 0. The van der Waals surface area contributed by atoms with Gasteiger partial charge in [0.2, 0.25) is 0 Å². The lowest BCUT2D eigenvalue weighted by Crippen LogP contribution is -3.15. The monoisotopic (exact) mass is 479 g/mol. The number of carbonyl (C=O) groups is 1. The van der Waals surface area contributed by atoms with Crippen LogP contribution in [0.25, 0.3) is 0 Å². The topological polar surface area (TPSA) is 45.0 Å². The molecule has 3 aromatic rings. The lowest BCUT2D eigenvalue weighted by atomic mass is 9.85. The quantitative estimate of drug-likeness (QED) is 0.558. The first kappa shape index (κ1) is 24.3. The fourth-order valence-corrected chi connectivity index (χ4v) is 5.57. The predicted octanol–water partition coefficient (Wildman–Crippen LogP) is 3.86. The van der Waals surface area contributed by atoms with E-state index in [4.69, 9.17) is 0 Å². The van der Waals surface area contributed by atoms with Crippen LogP contribution in [0.4, 0.5) is 0 Å². The normalized spacial score (nSPS) is 17.9. The second-order valence-corrected chi connectivity index (χ2v) is 10.1. The molecule has 1 aliphatic heterocycles. The van der Waals surface area contributed by atoms with Crippen molar-refractivity contribution in [1.82, 2.24) is 4.90 Å². The van der Waals surface area contributed by atoms with Crippen molar-refractivity contribution in [1.29, 1.82) is 0 Å². The molecular formula is C32H35N2O2+. The first-order chi connectivity index (χ1) is 17.6. The van der Waals surface area contributed by atoms with E-state index in [1.807, 2.05) is 29.2 Å². The lowest BCUT2D eigenvalue weighted by molar-refractivity contribution is -0.929. The number of aliphatic hydroxyl groups is 1. The van der Waals surface area contributed by atoms with Crippen molar-refractivity contribution in [2.45, 2.75) is 43.7 Å². The fourth-order valence-electron chi connectivity index (χ4n) is 5.57. The minimum Gasteiger partial charge on any atom is -0.378 e. The second-order valence-electron chi connectivity index (χ2n) is 10.1. The third-order valence-corrected chi connectivity index (χ3v) is 7.62. The Morgan fingerprint density at radius 1 is 0.806 bits per heavy atom. The Labute approximate surface area is 214 Å². The van der Waals surface area contributed by atoms with Crippen molar-refractivity contribution in [3.63, 3.8) is 0 Å². The molecule has 1 saturated heterocycles. The third kappa shape index (κ3) is 5.70. The van der Waals surface area contributed by atoms with Gasteiger partial charge in [0.05, 0.1) is 26.2 Å². The molecule has 1 saturated carbocycles. The molecule has 36 heavy (non-hydrogen) atoms. The van der Waals surface area contributed by atoms with Gasteiger partial charge in [-0.3, -0.25) is 4.79 Å². The van der Waals surface area contributed by atoms with Gasteiger partial charge in [0.15, 0.2) is 0 Å². The molecule has 0 spiro atoms. The van der Waals surface area contributed by atoms with Gasteiger partial charge in [-0.25, -0.2) is 0 Å². The summed E-state index contributed by atoms with van der Waals surface area (Å²) in [7, 11) is 0. The minimum absolute atomic E-state index is 0.0791. The van der Waals surface area contributed by atoms with Crippen LogP contribution in [0.15, 0.2) is 84.9 Å². The van der Waals surface area contributed by atoms with Crippen molar-refractivity contribution < 1.29 is 14.8 Å². The second kappa shape index (κ2) is 11.1. The van der Waals surface area contributed by atoms with E-state index in [1.54, 1.807) is 0 Å². The maximum atomic E-state index is 13.2. The Hall–Kier alpha value is -3.39. The van der Waals surface area contributed by atoms with Crippen LogP contribution in [0.5, 0.6) is 0 Å². The molecule has 4 heteroatoms. The van der Waals surface area contributed by atoms with Crippen LogP contribution < -0.4 is 4.90 Å². The summed E-state index contributed by atoms with van der Waals surface area (Å²) < 4.78 is 0. The number of hydrogen-bond donors (Lipinski definition) is 2. The number of carbonyl (C=O) groups excluding carboxylic acids is 1. The number of quaternary nitrogens is 1. The van der Waals surface area contributed by atoms with E-state index in [9.17, 15) is 9.90 Å². The molecule has 0 unspecified atom stereocenters. The van der Waals surface area contributed by atoms with Gasteiger partial charge < -0.3 is 14.9 Å². The molecule has 0 aromatic heterocycles. The summed E-state index contributed by atoms with van der Waals surface area (Å²) in [4.78, 5) is 16.7. The molecule has 0 radical (unpaired) electrons. The average molecular weight is 480 g/mol. The highest BCUT2D eigenvalue weighted by molar-refractivity contribution is 5.94. The van der Waals surface area contributed by atoms with Crippen LogP contribution in [-0.4, -0.2) is 47.7 Å². The smallest absolute Gasteiger partial charge is 0.254 e. The van der Waals surface area contributed by atoms with E-state index in [2.05, 4.69) is 72.5 Å². The maximum absolute atomic E-state index is 13.2. The van der Waals surface area contributed by atoms with Gasteiger partial charge >= 0.3 is 0 Å². The average Bonchev–Trinajstić information content (AvgIpc) is 2.94. The zero-order chi connectivity index (χ0) is 24.8. The van der Waals surface area contributed by atoms with E-state index in [0.717, 1.165) is 57.4 Å². The number of nitrogens with one attached hydrogen (secondary N) is 1. The number of amides is 1. The van der Waals surface area contributed by atoms with Crippen molar-refractivity contribution in [2.24, 2.45) is 0 Å². The number of piperazine rings is 1. The number of hydrogen-bond acceptors (Lipinski definition) is 2. The Balaban J connectivity index is 1.23. The first-order valence-electron chi connectivity index (χ1n) is 13.2. The van der Waals surface area contributed by atoms with Crippen LogP contribution in [0.3, 0.4) is 0 Å². The van der Waals surface area contributed by atoms with E-state index in [-0.39, 0.29) is 11.9 Å². The summed E-state index contributed by atoms with van der Waals surface area (Å²) in [6.45, 7) is 3.28. The van der Waals surface area contributed by atoms with E-state index >= 15 is 0 Å².